The number of aromatic nitrogens is 1. The summed E-state index contributed by atoms with van der Waals surface area (Å²) < 4.78 is 7.80. The van der Waals surface area contributed by atoms with Crippen LogP contribution in [0.2, 0.25) is 0 Å². The molecule has 0 spiro atoms. The standard InChI is InChI=1S/C31H27NOS/c1-18-15-24-23(11-8-12-27(24)34-18)30-19(2)28-26(33-30)13-14-32-29(28)21-16-20-9-6-7-10-22(20)25(17-21)31(3,4)5/h6-17H,1-5H3. The molecule has 0 amide bonds. The third-order valence-electron chi connectivity index (χ3n) is 6.71. The molecule has 3 heteroatoms. The Morgan fingerprint density at radius 3 is 2.50 bits per heavy atom. The Morgan fingerprint density at radius 2 is 1.68 bits per heavy atom. The zero-order valence-corrected chi connectivity index (χ0v) is 21.0. The number of rotatable bonds is 2. The van der Waals surface area contributed by atoms with Crippen molar-refractivity contribution in [3.8, 4) is 22.6 Å². The van der Waals surface area contributed by atoms with E-state index in [-0.39, 0.29) is 5.41 Å². The molecule has 2 nitrogen and oxygen atoms in total. The predicted molar refractivity (Wildman–Crippen MR) is 146 cm³/mol. The lowest BCUT2D eigenvalue weighted by molar-refractivity contribution is 0.596. The molecule has 6 aromatic rings. The Labute approximate surface area is 203 Å². The molecule has 0 N–H and O–H groups in total. The van der Waals surface area contributed by atoms with Crippen LogP contribution in [0.25, 0.3) is 54.4 Å². The molecule has 0 unspecified atom stereocenters. The smallest absolute Gasteiger partial charge is 0.139 e. The molecule has 6 rings (SSSR count). The summed E-state index contributed by atoms with van der Waals surface area (Å²) in [6.45, 7) is 11.1. The first-order chi connectivity index (χ1) is 16.3. The van der Waals surface area contributed by atoms with Crippen LogP contribution >= 0.6 is 11.3 Å². The van der Waals surface area contributed by atoms with Crippen LogP contribution in [0, 0.1) is 13.8 Å². The number of hydrogen-bond acceptors (Lipinski definition) is 3. The van der Waals surface area contributed by atoms with Crippen molar-refractivity contribution in [2.24, 2.45) is 0 Å². The number of aryl methyl sites for hydroxylation is 2. The molecule has 3 aromatic heterocycles. The van der Waals surface area contributed by atoms with E-state index >= 15 is 0 Å². The molecule has 34 heavy (non-hydrogen) atoms. The fourth-order valence-corrected chi connectivity index (χ4v) is 6.07. The summed E-state index contributed by atoms with van der Waals surface area (Å²) in [7, 11) is 0. The molecular formula is C31H27NOS. The molecule has 0 aliphatic rings. The maximum absolute atomic E-state index is 6.51. The molecule has 168 valence electrons. The van der Waals surface area contributed by atoms with Gasteiger partial charge < -0.3 is 4.42 Å². The second-order valence-corrected chi connectivity index (χ2v) is 11.4. The number of fused-ring (bicyclic) bond motifs is 3. The Balaban J connectivity index is 1.63. The van der Waals surface area contributed by atoms with Gasteiger partial charge in [0.1, 0.15) is 11.3 Å². The van der Waals surface area contributed by atoms with Gasteiger partial charge >= 0.3 is 0 Å². The molecule has 0 fully saturated rings. The van der Waals surface area contributed by atoms with Gasteiger partial charge in [0.25, 0.3) is 0 Å². The molecule has 0 saturated heterocycles. The number of pyridine rings is 1. The molecule has 3 heterocycles. The Hall–Kier alpha value is -3.43. The van der Waals surface area contributed by atoms with Crippen molar-refractivity contribution in [3.05, 3.63) is 88.9 Å². The Morgan fingerprint density at radius 1 is 0.853 bits per heavy atom. The highest BCUT2D eigenvalue weighted by atomic mass is 32.1. The van der Waals surface area contributed by atoms with Gasteiger partial charge in [-0.2, -0.15) is 0 Å². The van der Waals surface area contributed by atoms with Gasteiger partial charge in [-0.3, -0.25) is 4.98 Å². The normalized spacial score (nSPS) is 12.3. The molecular weight excluding hydrogens is 434 g/mol. The van der Waals surface area contributed by atoms with Gasteiger partial charge in [-0.05, 0) is 65.9 Å². The third kappa shape index (κ3) is 3.26. The van der Waals surface area contributed by atoms with E-state index in [1.165, 1.54) is 31.3 Å². The summed E-state index contributed by atoms with van der Waals surface area (Å²) in [4.78, 5) is 6.19. The van der Waals surface area contributed by atoms with Crippen LogP contribution in [0.5, 0.6) is 0 Å². The van der Waals surface area contributed by atoms with Gasteiger partial charge in [-0.1, -0.05) is 57.2 Å². The van der Waals surface area contributed by atoms with Crippen LogP contribution in [-0.4, -0.2) is 4.98 Å². The number of nitrogens with zero attached hydrogens (tertiary/aromatic N) is 1. The monoisotopic (exact) mass is 461 g/mol. The van der Waals surface area contributed by atoms with Gasteiger partial charge in [0.05, 0.1) is 11.1 Å². The lowest BCUT2D eigenvalue weighted by Gasteiger charge is -2.22. The minimum atomic E-state index is 0.0204. The average molecular weight is 462 g/mol. The second-order valence-electron chi connectivity index (χ2n) is 10.2. The van der Waals surface area contributed by atoms with Crippen LogP contribution in [0.4, 0.5) is 0 Å². The van der Waals surface area contributed by atoms with Crippen molar-refractivity contribution in [3.63, 3.8) is 0 Å². The third-order valence-corrected chi connectivity index (χ3v) is 7.73. The molecule has 0 bridgehead atoms. The summed E-state index contributed by atoms with van der Waals surface area (Å²) in [6, 6.07) is 24.0. The van der Waals surface area contributed by atoms with Crippen LogP contribution in [0.1, 0.15) is 36.8 Å². The van der Waals surface area contributed by atoms with Gasteiger partial charge in [-0.15, -0.1) is 11.3 Å². The first-order valence-electron chi connectivity index (χ1n) is 11.7. The molecule has 0 aliphatic heterocycles. The zero-order valence-electron chi connectivity index (χ0n) is 20.2. The van der Waals surface area contributed by atoms with E-state index in [1.807, 2.05) is 23.6 Å². The van der Waals surface area contributed by atoms with E-state index in [9.17, 15) is 0 Å². The van der Waals surface area contributed by atoms with Crippen molar-refractivity contribution < 1.29 is 4.42 Å². The summed E-state index contributed by atoms with van der Waals surface area (Å²) in [5, 5.41) is 4.89. The van der Waals surface area contributed by atoms with E-state index in [1.54, 1.807) is 0 Å². The van der Waals surface area contributed by atoms with Crippen LogP contribution in [0.15, 0.2) is 77.3 Å². The number of thiophene rings is 1. The van der Waals surface area contributed by atoms with Crippen LogP contribution in [-0.2, 0) is 5.41 Å². The van der Waals surface area contributed by atoms with E-state index in [2.05, 4.69) is 95.3 Å². The number of furan rings is 1. The van der Waals surface area contributed by atoms with E-state index < -0.39 is 0 Å². The second kappa shape index (κ2) is 7.54. The van der Waals surface area contributed by atoms with Crippen molar-refractivity contribution >= 4 is 43.2 Å². The first-order valence-corrected chi connectivity index (χ1v) is 12.5. The largest absolute Gasteiger partial charge is 0.456 e. The molecule has 0 atom stereocenters. The topological polar surface area (TPSA) is 26.0 Å². The predicted octanol–water partition coefficient (Wildman–Crippen LogP) is 9.44. The maximum atomic E-state index is 6.51. The van der Waals surface area contributed by atoms with E-state index in [0.29, 0.717) is 0 Å². The Bertz CT molecular complexity index is 1710. The highest BCUT2D eigenvalue weighted by Gasteiger charge is 2.22. The van der Waals surface area contributed by atoms with Gasteiger partial charge in [0.15, 0.2) is 0 Å². The Kier molecular flexibility index (Phi) is 4.69. The van der Waals surface area contributed by atoms with Gasteiger partial charge in [0, 0.05) is 37.9 Å². The van der Waals surface area contributed by atoms with Crippen molar-refractivity contribution in [1.29, 1.82) is 0 Å². The molecule has 0 radical (unpaired) electrons. The summed E-state index contributed by atoms with van der Waals surface area (Å²) in [5.41, 5.74) is 6.64. The lowest BCUT2D eigenvalue weighted by Crippen LogP contribution is -2.12. The van der Waals surface area contributed by atoms with Gasteiger partial charge in [-0.25, -0.2) is 0 Å². The van der Waals surface area contributed by atoms with Gasteiger partial charge in [0.2, 0.25) is 0 Å². The summed E-state index contributed by atoms with van der Waals surface area (Å²) in [6.07, 6.45) is 1.87. The van der Waals surface area contributed by atoms with Crippen molar-refractivity contribution in [2.75, 3.05) is 0 Å². The average Bonchev–Trinajstić information content (AvgIpc) is 3.36. The van der Waals surface area contributed by atoms with E-state index in [4.69, 9.17) is 9.40 Å². The first kappa shape index (κ1) is 21.1. The zero-order chi connectivity index (χ0) is 23.6. The number of benzene rings is 3. The highest BCUT2D eigenvalue weighted by molar-refractivity contribution is 7.19. The van der Waals surface area contributed by atoms with Crippen LogP contribution in [0.3, 0.4) is 0 Å². The SMILES string of the molecule is Cc1cc2c(-c3oc4ccnc(-c5cc(C(C)(C)C)c6ccccc6c5)c4c3C)cccc2s1. The van der Waals surface area contributed by atoms with Crippen molar-refractivity contribution in [2.45, 2.75) is 40.0 Å². The fraction of sp³-hybridized carbons (Fsp3) is 0.194. The highest BCUT2D eigenvalue weighted by Crippen LogP contribution is 2.42. The number of hydrogen-bond donors (Lipinski definition) is 0. The maximum Gasteiger partial charge on any atom is 0.139 e. The molecule has 3 aromatic carbocycles. The quantitative estimate of drug-likeness (QED) is 0.257. The lowest BCUT2D eigenvalue weighted by atomic mass is 9.82. The summed E-state index contributed by atoms with van der Waals surface area (Å²) in [5.74, 6) is 0.935. The van der Waals surface area contributed by atoms with Crippen molar-refractivity contribution in [1.82, 2.24) is 4.98 Å². The molecule has 0 saturated carbocycles. The summed E-state index contributed by atoms with van der Waals surface area (Å²) >= 11 is 1.82. The van der Waals surface area contributed by atoms with Crippen LogP contribution < -0.4 is 0 Å². The minimum absolute atomic E-state index is 0.0204. The molecule has 0 aliphatic carbocycles. The minimum Gasteiger partial charge on any atom is -0.456 e. The fourth-order valence-electron chi connectivity index (χ4n) is 5.12. The van der Waals surface area contributed by atoms with E-state index in [0.717, 1.165) is 39.1 Å².